The zero-order chi connectivity index (χ0) is 16.5. The van der Waals surface area contributed by atoms with Crippen LogP contribution in [0.15, 0.2) is 57.6 Å². The van der Waals surface area contributed by atoms with E-state index in [0.29, 0.717) is 5.92 Å². The number of benzene rings is 1. The number of hydrogen-bond acceptors (Lipinski definition) is 5. The molecule has 5 heteroatoms. The Hall–Kier alpha value is -2.08. The molecule has 5 nitrogen and oxygen atoms in total. The molecule has 0 aliphatic carbocycles. The molecule has 24 heavy (non-hydrogen) atoms. The van der Waals surface area contributed by atoms with Gasteiger partial charge in [-0.2, -0.15) is 0 Å². The first-order chi connectivity index (χ1) is 11.7. The van der Waals surface area contributed by atoms with Crippen LogP contribution in [-0.4, -0.2) is 25.0 Å². The van der Waals surface area contributed by atoms with Crippen molar-refractivity contribution in [3.05, 3.63) is 60.2 Å². The minimum Gasteiger partial charge on any atom is -0.468 e. The summed E-state index contributed by atoms with van der Waals surface area (Å²) >= 11 is 0. The molecule has 2 aromatic heterocycles. The first kappa shape index (κ1) is 15.4. The molecule has 3 aromatic rings. The van der Waals surface area contributed by atoms with E-state index in [2.05, 4.69) is 41.9 Å². The standard InChI is InChI=1S/C19H23N3O2/c1-13(16-8-5-9-23-16)22(2)12-15-11-20-21-19(15)18-10-14-6-3-4-7-17(14)24-18/h3-10,13,15,19-21H,11-12H2,1-2H3. The van der Waals surface area contributed by atoms with E-state index in [-0.39, 0.29) is 12.1 Å². The van der Waals surface area contributed by atoms with Crippen LogP contribution in [0.3, 0.4) is 0 Å². The van der Waals surface area contributed by atoms with Gasteiger partial charge in [0.2, 0.25) is 0 Å². The molecule has 1 saturated heterocycles. The third-order valence-corrected chi connectivity index (χ3v) is 4.98. The van der Waals surface area contributed by atoms with E-state index in [4.69, 9.17) is 8.83 Å². The van der Waals surface area contributed by atoms with Crippen molar-refractivity contribution >= 4 is 11.0 Å². The van der Waals surface area contributed by atoms with Crippen molar-refractivity contribution in [3.8, 4) is 0 Å². The molecule has 0 amide bonds. The first-order valence-corrected chi connectivity index (χ1v) is 8.43. The van der Waals surface area contributed by atoms with Gasteiger partial charge in [-0.05, 0) is 38.2 Å². The molecule has 0 spiro atoms. The maximum atomic E-state index is 6.06. The van der Waals surface area contributed by atoms with Gasteiger partial charge in [-0.3, -0.25) is 10.3 Å². The molecule has 0 saturated carbocycles. The van der Waals surface area contributed by atoms with Crippen LogP contribution in [0.5, 0.6) is 0 Å². The van der Waals surface area contributed by atoms with Crippen LogP contribution in [0.1, 0.15) is 30.5 Å². The summed E-state index contributed by atoms with van der Waals surface area (Å²) in [4.78, 5) is 2.33. The average Bonchev–Trinajstić information content (AvgIpc) is 3.33. The second kappa shape index (κ2) is 6.43. The molecule has 3 heterocycles. The number of rotatable bonds is 5. The van der Waals surface area contributed by atoms with Crippen LogP contribution in [0.25, 0.3) is 11.0 Å². The third-order valence-electron chi connectivity index (χ3n) is 4.98. The van der Waals surface area contributed by atoms with Crippen molar-refractivity contribution in [3.63, 3.8) is 0 Å². The predicted molar refractivity (Wildman–Crippen MR) is 93.3 cm³/mol. The second-order valence-electron chi connectivity index (χ2n) is 6.58. The van der Waals surface area contributed by atoms with Gasteiger partial charge in [0.15, 0.2) is 0 Å². The summed E-state index contributed by atoms with van der Waals surface area (Å²) in [6.45, 7) is 4.03. The van der Waals surface area contributed by atoms with E-state index in [1.54, 1.807) is 6.26 Å². The molecule has 0 radical (unpaired) electrons. The molecule has 1 aromatic carbocycles. The topological polar surface area (TPSA) is 53.6 Å². The van der Waals surface area contributed by atoms with Gasteiger partial charge in [0, 0.05) is 24.4 Å². The predicted octanol–water partition coefficient (Wildman–Crippen LogP) is 3.48. The van der Waals surface area contributed by atoms with Crippen molar-refractivity contribution in [2.45, 2.75) is 19.0 Å². The Morgan fingerprint density at radius 2 is 2.12 bits per heavy atom. The average molecular weight is 325 g/mol. The van der Waals surface area contributed by atoms with Gasteiger partial charge >= 0.3 is 0 Å². The fourth-order valence-electron chi connectivity index (χ4n) is 3.44. The van der Waals surface area contributed by atoms with E-state index in [1.807, 2.05) is 30.3 Å². The number of para-hydroxylation sites is 1. The highest BCUT2D eigenvalue weighted by molar-refractivity contribution is 5.77. The van der Waals surface area contributed by atoms with Gasteiger partial charge in [-0.25, -0.2) is 5.43 Å². The molecule has 0 bridgehead atoms. The zero-order valence-electron chi connectivity index (χ0n) is 14.0. The summed E-state index contributed by atoms with van der Waals surface area (Å²) in [6.07, 6.45) is 1.73. The van der Waals surface area contributed by atoms with Crippen molar-refractivity contribution in [2.75, 3.05) is 20.1 Å². The molecule has 1 fully saturated rings. The van der Waals surface area contributed by atoms with Crippen LogP contribution >= 0.6 is 0 Å². The molecule has 1 aliphatic heterocycles. The Morgan fingerprint density at radius 3 is 2.92 bits per heavy atom. The SMILES string of the molecule is CC(c1ccco1)N(C)CC1CNNC1c1cc2ccccc2o1. The minimum absolute atomic E-state index is 0.170. The summed E-state index contributed by atoms with van der Waals surface area (Å²) in [6, 6.07) is 14.7. The van der Waals surface area contributed by atoms with E-state index in [1.165, 1.54) is 0 Å². The summed E-state index contributed by atoms with van der Waals surface area (Å²) in [5.74, 6) is 2.41. The molecular formula is C19H23N3O2. The maximum Gasteiger partial charge on any atom is 0.134 e. The number of nitrogens with one attached hydrogen (secondary N) is 2. The summed E-state index contributed by atoms with van der Waals surface area (Å²) in [5.41, 5.74) is 7.60. The monoisotopic (exact) mass is 325 g/mol. The van der Waals surface area contributed by atoms with Gasteiger partial charge in [0.05, 0.1) is 18.3 Å². The number of fused-ring (bicyclic) bond motifs is 1. The van der Waals surface area contributed by atoms with Crippen molar-refractivity contribution < 1.29 is 8.83 Å². The number of nitrogens with zero attached hydrogens (tertiary/aromatic N) is 1. The summed E-state index contributed by atoms with van der Waals surface area (Å²) < 4.78 is 11.6. The highest BCUT2D eigenvalue weighted by Gasteiger charge is 2.32. The van der Waals surface area contributed by atoms with Crippen molar-refractivity contribution in [2.24, 2.45) is 5.92 Å². The number of hydrazine groups is 1. The van der Waals surface area contributed by atoms with E-state index in [9.17, 15) is 0 Å². The largest absolute Gasteiger partial charge is 0.468 e. The highest BCUT2D eigenvalue weighted by atomic mass is 16.3. The quantitative estimate of drug-likeness (QED) is 0.752. The number of hydrogen-bond donors (Lipinski definition) is 2. The van der Waals surface area contributed by atoms with Crippen LogP contribution in [0, 0.1) is 5.92 Å². The summed E-state index contributed by atoms with van der Waals surface area (Å²) in [7, 11) is 2.14. The Bertz CT molecular complexity index is 763. The van der Waals surface area contributed by atoms with Gasteiger partial charge in [-0.1, -0.05) is 18.2 Å². The molecule has 3 unspecified atom stereocenters. The smallest absolute Gasteiger partial charge is 0.134 e. The Balaban J connectivity index is 1.50. The first-order valence-electron chi connectivity index (χ1n) is 8.43. The van der Waals surface area contributed by atoms with E-state index in [0.717, 1.165) is 35.6 Å². The Morgan fingerprint density at radius 1 is 1.25 bits per heavy atom. The molecular weight excluding hydrogens is 302 g/mol. The van der Waals surface area contributed by atoms with Gasteiger partial charge in [-0.15, -0.1) is 0 Å². The van der Waals surface area contributed by atoms with Crippen molar-refractivity contribution in [1.82, 2.24) is 15.8 Å². The molecule has 126 valence electrons. The third kappa shape index (κ3) is 2.86. The lowest BCUT2D eigenvalue weighted by Gasteiger charge is -2.27. The molecule has 2 N–H and O–H groups in total. The Kier molecular flexibility index (Phi) is 4.14. The van der Waals surface area contributed by atoms with Crippen LogP contribution in [0.4, 0.5) is 0 Å². The zero-order valence-corrected chi connectivity index (χ0v) is 14.0. The maximum absolute atomic E-state index is 6.06. The van der Waals surface area contributed by atoms with Gasteiger partial charge in [0.25, 0.3) is 0 Å². The fraction of sp³-hybridized carbons (Fsp3) is 0.368. The van der Waals surface area contributed by atoms with Gasteiger partial charge in [0.1, 0.15) is 17.1 Å². The van der Waals surface area contributed by atoms with Crippen LogP contribution in [0.2, 0.25) is 0 Å². The number of furan rings is 2. The highest BCUT2D eigenvalue weighted by Crippen LogP contribution is 2.31. The lowest BCUT2D eigenvalue weighted by molar-refractivity contribution is 0.190. The lowest BCUT2D eigenvalue weighted by Crippen LogP contribution is -2.32. The second-order valence-corrected chi connectivity index (χ2v) is 6.58. The van der Waals surface area contributed by atoms with Crippen LogP contribution < -0.4 is 10.9 Å². The molecule has 3 atom stereocenters. The minimum atomic E-state index is 0.170. The fourth-order valence-corrected chi connectivity index (χ4v) is 3.44. The Labute approximate surface area is 141 Å². The van der Waals surface area contributed by atoms with E-state index >= 15 is 0 Å². The lowest BCUT2D eigenvalue weighted by atomic mass is 9.98. The van der Waals surface area contributed by atoms with Crippen LogP contribution in [-0.2, 0) is 0 Å². The van der Waals surface area contributed by atoms with Crippen molar-refractivity contribution in [1.29, 1.82) is 0 Å². The van der Waals surface area contributed by atoms with Gasteiger partial charge < -0.3 is 8.83 Å². The molecule has 4 rings (SSSR count). The normalized spacial score (nSPS) is 22.5. The molecule has 1 aliphatic rings. The van der Waals surface area contributed by atoms with E-state index < -0.39 is 0 Å². The summed E-state index contributed by atoms with van der Waals surface area (Å²) in [5, 5.41) is 1.15.